The molecule has 7 nitrogen and oxygen atoms in total. The molecule has 0 aromatic carbocycles. The van der Waals surface area contributed by atoms with Crippen LogP contribution in [-0.2, 0) is 13.9 Å². The van der Waals surface area contributed by atoms with Crippen LogP contribution in [0.1, 0.15) is 239 Å². The third-order valence-electron chi connectivity index (χ3n) is 10.1. The second kappa shape index (κ2) is 37.3. The van der Waals surface area contributed by atoms with Gasteiger partial charge in [0.05, 0.1) is 18.8 Å². The molecule has 294 valence electrons. The molecule has 1 amide bonds. The number of hydrogen-bond acceptors (Lipinski definition) is 4. The third kappa shape index (κ3) is 38.6. The maximum atomic E-state index is 12.6. The van der Waals surface area contributed by atoms with Crippen LogP contribution in [0.4, 0.5) is 0 Å². The first-order chi connectivity index (χ1) is 23.8. The monoisotopic (exact) mass is 718 g/mol. The Bertz CT molecular complexity index is 733. The minimum absolute atomic E-state index is 0.191. The lowest BCUT2D eigenvalue weighted by molar-refractivity contribution is -0.123. The van der Waals surface area contributed by atoms with Gasteiger partial charge in [0.1, 0.15) is 0 Å². The molecule has 0 aromatic rings. The maximum absolute atomic E-state index is 12.6. The van der Waals surface area contributed by atoms with Crippen LogP contribution >= 0.6 is 7.82 Å². The number of amides is 1. The largest absolute Gasteiger partial charge is 0.469 e. The average molecular weight is 718 g/mol. The molecule has 0 aliphatic carbocycles. The number of phosphoric acid groups is 1. The van der Waals surface area contributed by atoms with Crippen molar-refractivity contribution in [1.29, 1.82) is 0 Å². The zero-order chi connectivity index (χ0) is 36.1. The highest BCUT2D eigenvalue weighted by molar-refractivity contribution is 7.46. The molecule has 4 N–H and O–H groups in total. The highest BCUT2D eigenvalue weighted by atomic mass is 31.2. The highest BCUT2D eigenvalue weighted by Gasteiger charge is 2.25. The summed E-state index contributed by atoms with van der Waals surface area (Å²) in [7, 11) is -4.68. The van der Waals surface area contributed by atoms with Crippen LogP contribution in [-0.4, -0.2) is 39.6 Å². The smallest absolute Gasteiger partial charge is 0.391 e. The minimum Gasteiger partial charge on any atom is -0.391 e. The molecule has 0 rings (SSSR count). The van der Waals surface area contributed by atoms with E-state index >= 15 is 0 Å². The second-order valence-corrected chi connectivity index (χ2v) is 16.3. The summed E-state index contributed by atoms with van der Waals surface area (Å²) in [6.45, 7) is 4.11. The molecule has 0 aliphatic rings. The van der Waals surface area contributed by atoms with E-state index in [1.54, 1.807) is 0 Å². The molecule has 8 heteroatoms. The van der Waals surface area contributed by atoms with Gasteiger partial charge in [0.15, 0.2) is 0 Å². The standard InChI is InChI=1S/C41H84NO6P/c1-3-5-7-9-11-13-14-15-16-17-18-19-20-21-22-23-24-25-26-27-29-31-33-35-37-41(44)42-39(38-48-49(45,46)47)40(43)36-34-32-30-28-12-10-8-6-4-2/h39-40,43H,3-38H2,1-2H3,(H,42,44)(H2,45,46,47)/t39-,40+/m0/s1. The maximum Gasteiger partial charge on any atom is 0.469 e. The fraction of sp³-hybridized carbons (Fsp3) is 0.976. The number of aliphatic hydroxyl groups excluding tert-OH is 1. The van der Waals surface area contributed by atoms with E-state index in [0.29, 0.717) is 12.8 Å². The minimum atomic E-state index is -4.68. The Balaban J connectivity index is 3.71. The lowest BCUT2D eigenvalue weighted by Crippen LogP contribution is -2.46. The van der Waals surface area contributed by atoms with Crippen LogP contribution in [0, 0.1) is 0 Å². The van der Waals surface area contributed by atoms with Gasteiger partial charge >= 0.3 is 7.82 Å². The van der Waals surface area contributed by atoms with Gasteiger partial charge < -0.3 is 20.2 Å². The van der Waals surface area contributed by atoms with Crippen molar-refractivity contribution in [2.75, 3.05) is 6.61 Å². The Labute approximate surface area is 304 Å². The highest BCUT2D eigenvalue weighted by Crippen LogP contribution is 2.36. The van der Waals surface area contributed by atoms with Gasteiger partial charge in [-0.1, -0.05) is 219 Å². The van der Waals surface area contributed by atoms with E-state index in [1.165, 1.54) is 173 Å². The van der Waals surface area contributed by atoms with E-state index in [1.807, 2.05) is 0 Å². The molecule has 0 fully saturated rings. The van der Waals surface area contributed by atoms with Crippen LogP contribution in [0.2, 0.25) is 0 Å². The third-order valence-corrected chi connectivity index (χ3v) is 10.6. The number of carbonyl (C=O) groups excluding carboxylic acids is 1. The van der Waals surface area contributed by atoms with Gasteiger partial charge in [-0.2, -0.15) is 0 Å². The normalized spacial score (nSPS) is 13.2. The number of nitrogens with one attached hydrogen (secondary N) is 1. The number of hydrogen-bond donors (Lipinski definition) is 4. The fourth-order valence-corrected chi connectivity index (χ4v) is 7.17. The molecule has 0 unspecified atom stereocenters. The molecule has 49 heavy (non-hydrogen) atoms. The second-order valence-electron chi connectivity index (χ2n) is 15.0. The predicted molar refractivity (Wildman–Crippen MR) is 209 cm³/mol. The number of phosphoric ester groups is 1. The van der Waals surface area contributed by atoms with Crippen LogP contribution in [0.25, 0.3) is 0 Å². The van der Waals surface area contributed by atoms with Gasteiger partial charge in [0, 0.05) is 6.42 Å². The zero-order valence-electron chi connectivity index (χ0n) is 32.6. The summed E-state index contributed by atoms with van der Waals surface area (Å²) in [4.78, 5) is 30.8. The van der Waals surface area contributed by atoms with E-state index in [0.717, 1.165) is 38.5 Å². The van der Waals surface area contributed by atoms with E-state index in [4.69, 9.17) is 9.79 Å². The summed E-state index contributed by atoms with van der Waals surface area (Å²) in [5, 5.41) is 13.4. The first kappa shape index (κ1) is 48.5. The molecule has 0 saturated carbocycles. The van der Waals surface area contributed by atoms with Crippen molar-refractivity contribution in [2.45, 2.75) is 251 Å². The summed E-state index contributed by atoms with van der Waals surface area (Å²) in [6, 6.07) is -0.816. The molecular formula is C41H84NO6P. The van der Waals surface area contributed by atoms with E-state index in [2.05, 4.69) is 23.7 Å². The number of unbranched alkanes of at least 4 members (excludes halogenated alkanes) is 31. The SMILES string of the molecule is CCCCCCCCCCCCCCCCCCCCCCCCCCC(=O)N[C@@H](COP(=O)(O)O)[C@H](O)CCCCCCCCCCC. The molecule has 0 radical (unpaired) electrons. The van der Waals surface area contributed by atoms with Crippen molar-refractivity contribution in [1.82, 2.24) is 5.32 Å². The molecular weight excluding hydrogens is 633 g/mol. The summed E-state index contributed by atoms with van der Waals surface area (Å²) < 4.78 is 15.9. The van der Waals surface area contributed by atoms with Gasteiger partial charge in [-0.05, 0) is 12.8 Å². The Kier molecular flexibility index (Phi) is 37.0. The van der Waals surface area contributed by atoms with Crippen LogP contribution < -0.4 is 5.32 Å². The summed E-state index contributed by atoms with van der Waals surface area (Å²) >= 11 is 0. The molecule has 0 aromatic heterocycles. The quantitative estimate of drug-likeness (QED) is 0.0370. The van der Waals surface area contributed by atoms with Crippen molar-refractivity contribution in [2.24, 2.45) is 0 Å². The van der Waals surface area contributed by atoms with Gasteiger partial charge in [-0.3, -0.25) is 9.32 Å². The summed E-state index contributed by atoms with van der Waals surface area (Å²) in [5.74, 6) is -0.191. The first-order valence-corrected chi connectivity index (χ1v) is 23.0. The van der Waals surface area contributed by atoms with Crippen LogP contribution in [0.15, 0.2) is 0 Å². The predicted octanol–water partition coefficient (Wildman–Crippen LogP) is 12.6. The Hall–Kier alpha value is -0.460. The summed E-state index contributed by atoms with van der Waals surface area (Å²) in [5.41, 5.74) is 0. The van der Waals surface area contributed by atoms with Crippen LogP contribution in [0.5, 0.6) is 0 Å². The van der Waals surface area contributed by atoms with E-state index < -0.39 is 26.6 Å². The Morgan fingerprint density at radius 3 is 1.10 bits per heavy atom. The Morgan fingerprint density at radius 2 is 0.796 bits per heavy atom. The molecule has 0 heterocycles. The lowest BCUT2D eigenvalue weighted by Gasteiger charge is -2.24. The van der Waals surface area contributed by atoms with Gasteiger partial charge in [-0.25, -0.2) is 4.57 Å². The summed E-state index contributed by atoms with van der Waals surface area (Å²) in [6.07, 6.45) is 42.6. The van der Waals surface area contributed by atoms with Crippen molar-refractivity contribution < 1.29 is 28.8 Å². The number of aliphatic hydroxyl groups is 1. The lowest BCUT2D eigenvalue weighted by atomic mass is 10.0. The van der Waals surface area contributed by atoms with Crippen molar-refractivity contribution in [3.8, 4) is 0 Å². The molecule has 2 atom stereocenters. The zero-order valence-corrected chi connectivity index (χ0v) is 33.5. The van der Waals surface area contributed by atoms with Gasteiger partial charge in [0.25, 0.3) is 0 Å². The molecule has 0 spiro atoms. The van der Waals surface area contributed by atoms with Gasteiger partial charge in [-0.15, -0.1) is 0 Å². The number of carbonyl (C=O) groups is 1. The van der Waals surface area contributed by atoms with Crippen LogP contribution in [0.3, 0.4) is 0 Å². The van der Waals surface area contributed by atoms with Crippen molar-refractivity contribution >= 4 is 13.7 Å². The van der Waals surface area contributed by atoms with Gasteiger partial charge in [0.2, 0.25) is 5.91 Å². The Morgan fingerprint density at radius 1 is 0.510 bits per heavy atom. The average Bonchev–Trinajstić information content (AvgIpc) is 3.07. The molecule has 0 bridgehead atoms. The van der Waals surface area contributed by atoms with Crippen molar-refractivity contribution in [3.05, 3.63) is 0 Å². The fourth-order valence-electron chi connectivity index (χ4n) is 6.82. The van der Waals surface area contributed by atoms with E-state index in [9.17, 15) is 14.5 Å². The molecule has 0 aliphatic heterocycles. The number of rotatable bonds is 40. The molecule has 0 saturated heterocycles. The topological polar surface area (TPSA) is 116 Å². The van der Waals surface area contributed by atoms with Crippen molar-refractivity contribution in [3.63, 3.8) is 0 Å². The van der Waals surface area contributed by atoms with E-state index in [-0.39, 0.29) is 5.91 Å². The first-order valence-electron chi connectivity index (χ1n) is 21.5.